The van der Waals surface area contributed by atoms with Gasteiger partial charge in [-0.3, -0.25) is 4.79 Å². The Balaban J connectivity index is 1.74. The average molecular weight is 288 g/mol. The summed E-state index contributed by atoms with van der Waals surface area (Å²) in [6.07, 6.45) is 1.27. The molecule has 0 radical (unpaired) electrons. The smallest absolute Gasteiger partial charge is 0.245 e. The van der Waals surface area contributed by atoms with Crippen molar-refractivity contribution in [1.82, 2.24) is 4.90 Å². The first-order valence-corrected chi connectivity index (χ1v) is 7.85. The number of morpholine rings is 1. The van der Waals surface area contributed by atoms with Gasteiger partial charge < -0.3 is 14.5 Å². The van der Waals surface area contributed by atoms with Crippen LogP contribution in [0.5, 0.6) is 0 Å². The highest BCUT2D eigenvalue weighted by atomic mass is 16.5. The van der Waals surface area contributed by atoms with E-state index in [0.717, 1.165) is 13.0 Å². The molecule has 0 aliphatic carbocycles. The molecule has 0 bridgehead atoms. The summed E-state index contributed by atoms with van der Waals surface area (Å²) >= 11 is 0. The summed E-state index contributed by atoms with van der Waals surface area (Å²) in [7, 11) is 0. The molecule has 2 aliphatic rings. The number of hydrogen-bond donors (Lipinski definition) is 0. The fraction of sp³-hybridized carbons (Fsp3) is 0.588. The molecule has 3 atom stereocenters. The summed E-state index contributed by atoms with van der Waals surface area (Å²) in [4.78, 5) is 17.0. The molecule has 0 unspecified atom stereocenters. The van der Waals surface area contributed by atoms with Crippen LogP contribution in [-0.2, 0) is 16.0 Å². The monoisotopic (exact) mass is 288 g/mol. The molecular weight excluding hydrogens is 264 g/mol. The van der Waals surface area contributed by atoms with Crippen LogP contribution in [0.1, 0.15) is 26.3 Å². The molecule has 4 nitrogen and oxygen atoms in total. The van der Waals surface area contributed by atoms with Crippen molar-refractivity contribution in [3.63, 3.8) is 0 Å². The Bertz CT molecular complexity index is 521. The van der Waals surface area contributed by atoms with Crippen LogP contribution in [0, 0.1) is 0 Å². The van der Waals surface area contributed by atoms with Gasteiger partial charge in [0.05, 0.1) is 12.2 Å². The Hall–Kier alpha value is -1.55. The predicted octanol–water partition coefficient (Wildman–Crippen LogP) is 2.07. The molecule has 1 amide bonds. The lowest BCUT2D eigenvalue weighted by molar-refractivity contribution is -0.144. The van der Waals surface area contributed by atoms with E-state index in [0.29, 0.717) is 13.1 Å². The standard InChI is InChI=1S/C17H24N2O2/c1-12-10-18(11-13(2)21-12)17(20)14(3)19-9-8-15-6-4-5-7-16(15)19/h4-7,12-14H,8-11H2,1-3H3/t12-,13-,14+/m0/s1. The van der Waals surface area contributed by atoms with E-state index >= 15 is 0 Å². The number of anilines is 1. The van der Waals surface area contributed by atoms with Gasteiger partial charge in [-0.05, 0) is 38.8 Å². The molecule has 1 aromatic carbocycles. The van der Waals surface area contributed by atoms with Gasteiger partial charge in [-0.25, -0.2) is 0 Å². The van der Waals surface area contributed by atoms with Gasteiger partial charge in [-0.2, -0.15) is 0 Å². The second kappa shape index (κ2) is 5.68. The van der Waals surface area contributed by atoms with Crippen molar-refractivity contribution in [1.29, 1.82) is 0 Å². The van der Waals surface area contributed by atoms with Crippen LogP contribution in [0.25, 0.3) is 0 Å². The largest absolute Gasteiger partial charge is 0.372 e. The van der Waals surface area contributed by atoms with Gasteiger partial charge in [-0.1, -0.05) is 18.2 Å². The molecule has 114 valence electrons. The number of carbonyl (C=O) groups is 1. The van der Waals surface area contributed by atoms with E-state index < -0.39 is 0 Å². The second-order valence-corrected chi connectivity index (χ2v) is 6.25. The third kappa shape index (κ3) is 2.77. The zero-order valence-electron chi connectivity index (χ0n) is 13.1. The zero-order chi connectivity index (χ0) is 15.0. The van der Waals surface area contributed by atoms with Crippen LogP contribution < -0.4 is 4.90 Å². The maximum atomic E-state index is 12.8. The Kier molecular flexibility index (Phi) is 3.89. The van der Waals surface area contributed by atoms with Crippen molar-refractivity contribution in [2.24, 2.45) is 0 Å². The summed E-state index contributed by atoms with van der Waals surface area (Å²) in [6, 6.07) is 8.29. The first-order chi connectivity index (χ1) is 10.1. The number of rotatable bonds is 2. The van der Waals surface area contributed by atoms with Gasteiger partial charge in [0.15, 0.2) is 0 Å². The molecule has 0 aromatic heterocycles. The highest BCUT2D eigenvalue weighted by Crippen LogP contribution is 2.29. The molecule has 0 saturated carbocycles. The van der Waals surface area contributed by atoms with Gasteiger partial charge in [0.25, 0.3) is 0 Å². The lowest BCUT2D eigenvalue weighted by Crippen LogP contribution is -2.54. The average Bonchev–Trinajstić information content (AvgIpc) is 2.88. The Labute approximate surface area is 126 Å². The number of para-hydroxylation sites is 1. The van der Waals surface area contributed by atoms with Crippen molar-refractivity contribution in [3.8, 4) is 0 Å². The molecule has 1 aromatic rings. The third-order valence-electron chi connectivity index (χ3n) is 4.48. The van der Waals surface area contributed by atoms with Crippen LogP contribution >= 0.6 is 0 Å². The van der Waals surface area contributed by atoms with Crippen LogP contribution in [-0.4, -0.2) is 48.7 Å². The number of carbonyl (C=O) groups excluding carboxylic acids is 1. The van der Waals surface area contributed by atoms with Gasteiger partial charge in [0.2, 0.25) is 5.91 Å². The Morgan fingerprint density at radius 2 is 1.90 bits per heavy atom. The lowest BCUT2D eigenvalue weighted by atomic mass is 10.1. The molecule has 4 heteroatoms. The molecule has 1 saturated heterocycles. The van der Waals surface area contributed by atoms with Crippen molar-refractivity contribution < 1.29 is 9.53 Å². The first kappa shape index (κ1) is 14.4. The van der Waals surface area contributed by atoms with E-state index in [2.05, 4.69) is 23.1 Å². The Morgan fingerprint density at radius 1 is 1.24 bits per heavy atom. The summed E-state index contributed by atoms with van der Waals surface area (Å²) in [5.74, 6) is 0.216. The predicted molar refractivity (Wildman–Crippen MR) is 83.5 cm³/mol. The quantitative estimate of drug-likeness (QED) is 0.835. The molecule has 2 heterocycles. The maximum absolute atomic E-state index is 12.8. The topological polar surface area (TPSA) is 32.8 Å². The molecule has 0 N–H and O–H groups in total. The molecule has 2 aliphatic heterocycles. The van der Waals surface area contributed by atoms with Crippen LogP contribution in [0.15, 0.2) is 24.3 Å². The second-order valence-electron chi connectivity index (χ2n) is 6.25. The van der Waals surface area contributed by atoms with Gasteiger partial charge in [0.1, 0.15) is 6.04 Å². The van der Waals surface area contributed by atoms with E-state index in [-0.39, 0.29) is 24.2 Å². The zero-order valence-corrected chi connectivity index (χ0v) is 13.1. The van der Waals surface area contributed by atoms with E-state index in [1.165, 1.54) is 11.3 Å². The number of ether oxygens (including phenoxy) is 1. The lowest BCUT2D eigenvalue weighted by Gasteiger charge is -2.38. The van der Waals surface area contributed by atoms with Crippen LogP contribution in [0.2, 0.25) is 0 Å². The molecule has 0 spiro atoms. The fourth-order valence-electron chi connectivity index (χ4n) is 3.52. The SMILES string of the molecule is C[C@H](C(=O)N1C[C@H](C)O[C@@H](C)C1)N1CCc2ccccc21. The number of hydrogen-bond acceptors (Lipinski definition) is 3. The van der Waals surface area contributed by atoms with Crippen LogP contribution in [0.4, 0.5) is 5.69 Å². The molecule has 21 heavy (non-hydrogen) atoms. The summed E-state index contributed by atoms with van der Waals surface area (Å²) in [5, 5.41) is 0. The molecule has 1 fully saturated rings. The van der Waals surface area contributed by atoms with Gasteiger partial charge in [0, 0.05) is 25.3 Å². The summed E-state index contributed by atoms with van der Waals surface area (Å²) < 4.78 is 5.72. The van der Waals surface area contributed by atoms with Gasteiger partial charge in [-0.15, -0.1) is 0 Å². The molecule has 3 rings (SSSR count). The third-order valence-corrected chi connectivity index (χ3v) is 4.48. The number of nitrogens with zero attached hydrogens (tertiary/aromatic N) is 2. The fourth-order valence-corrected chi connectivity index (χ4v) is 3.52. The normalized spacial score (nSPS) is 26.6. The van der Waals surface area contributed by atoms with Gasteiger partial charge >= 0.3 is 0 Å². The van der Waals surface area contributed by atoms with E-state index in [1.54, 1.807) is 0 Å². The number of fused-ring (bicyclic) bond motifs is 1. The maximum Gasteiger partial charge on any atom is 0.245 e. The summed E-state index contributed by atoms with van der Waals surface area (Å²) in [6.45, 7) is 8.42. The highest BCUT2D eigenvalue weighted by molar-refractivity contribution is 5.86. The first-order valence-electron chi connectivity index (χ1n) is 7.85. The minimum Gasteiger partial charge on any atom is -0.372 e. The van der Waals surface area contributed by atoms with E-state index in [9.17, 15) is 4.79 Å². The number of benzene rings is 1. The van der Waals surface area contributed by atoms with E-state index in [1.807, 2.05) is 31.7 Å². The number of amides is 1. The Morgan fingerprint density at radius 3 is 2.62 bits per heavy atom. The van der Waals surface area contributed by atoms with Crippen molar-refractivity contribution in [2.75, 3.05) is 24.5 Å². The minimum atomic E-state index is -0.105. The van der Waals surface area contributed by atoms with Crippen molar-refractivity contribution in [3.05, 3.63) is 29.8 Å². The highest BCUT2D eigenvalue weighted by Gasteiger charge is 2.33. The van der Waals surface area contributed by atoms with Crippen molar-refractivity contribution >= 4 is 11.6 Å². The summed E-state index contributed by atoms with van der Waals surface area (Å²) in [5.41, 5.74) is 2.56. The minimum absolute atomic E-state index is 0.105. The van der Waals surface area contributed by atoms with Crippen molar-refractivity contribution in [2.45, 2.75) is 45.4 Å². The molecular formula is C17H24N2O2. The van der Waals surface area contributed by atoms with Crippen LogP contribution in [0.3, 0.4) is 0 Å². The van der Waals surface area contributed by atoms with E-state index in [4.69, 9.17) is 4.74 Å².